The second-order valence-electron chi connectivity index (χ2n) is 8.25. The standard InChI is InChI=1S/C21H27N5S/c1-4-16-11-17-19(5-8-22-20(17)27-16)25-10-7-21(12-25)13-26(14-21)15(2)18-6-9-23-24(18)3/h5-6,8-9,11,15H,4,7,10,12-14H2,1-3H3. The molecule has 6 heteroatoms. The Morgan fingerprint density at radius 2 is 2.07 bits per heavy atom. The predicted octanol–water partition coefficient (Wildman–Crippen LogP) is 3.87. The fraction of sp³-hybridized carbons (Fsp3) is 0.524. The van der Waals surface area contributed by atoms with E-state index in [0.29, 0.717) is 11.5 Å². The molecule has 2 aliphatic heterocycles. The van der Waals surface area contributed by atoms with Crippen LogP contribution in [0.15, 0.2) is 30.6 Å². The molecule has 27 heavy (non-hydrogen) atoms. The molecule has 3 aromatic heterocycles. The molecule has 5 nitrogen and oxygen atoms in total. The van der Waals surface area contributed by atoms with Gasteiger partial charge in [-0.3, -0.25) is 9.58 Å². The average molecular weight is 382 g/mol. The Hall–Kier alpha value is -1.92. The molecule has 0 bridgehead atoms. The Labute approximate surface area is 164 Å². The van der Waals surface area contributed by atoms with E-state index < -0.39 is 0 Å². The summed E-state index contributed by atoms with van der Waals surface area (Å²) in [5.74, 6) is 0. The molecule has 3 aromatic rings. The summed E-state index contributed by atoms with van der Waals surface area (Å²) in [6, 6.07) is 7.15. The third-order valence-electron chi connectivity index (χ3n) is 6.50. The third-order valence-corrected chi connectivity index (χ3v) is 7.69. The summed E-state index contributed by atoms with van der Waals surface area (Å²) in [5, 5.41) is 5.68. The highest BCUT2D eigenvalue weighted by Crippen LogP contribution is 2.45. The lowest BCUT2D eigenvalue weighted by Gasteiger charge is -2.50. The number of nitrogens with zero attached hydrogens (tertiary/aromatic N) is 5. The first-order chi connectivity index (χ1) is 13.1. The van der Waals surface area contributed by atoms with Crippen molar-refractivity contribution in [3.8, 4) is 0 Å². The van der Waals surface area contributed by atoms with E-state index in [4.69, 9.17) is 0 Å². The summed E-state index contributed by atoms with van der Waals surface area (Å²) in [4.78, 5) is 12.4. The van der Waals surface area contributed by atoms with Gasteiger partial charge in [0.1, 0.15) is 4.83 Å². The summed E-state index contributed by atoms with van der Waals surface area (Å²) in [7, 11) is 2.04. The van der Waals surface area contributed by atoms with Gasteiger partial charge in [0.05, 0.1) is 5.69 Å². The van der Waals surface area contributed by atoms with Gasteiger partial charge in [0.2, 0.25) is 0 Å². The molecule has 0 aliphatic carbocycles. The minimum absolute atomic E-state index is 0.439. The van der Waals surface area contributed by atoms with E-state index in [1.165, 1.54) is 46.0 Å². The SMILES string of the molecule is CCc1cc2c(N3CCC4(C3)CN(C(C)c3ccnn3C)C4)ccnc2s1. The summed E-state index contributed by atoms with van der Waals surface area (Å²) in [6.07, 6.45) is 6.26. The van der Waals surface area contributed by atoms with E-state index in [1.807, 2.05) is 35.5 Å². The number of thiophene rings is 1. The normalized spacial score (nSPS) is 20.5. The summed E-state index contributed by atoms with van der Waals surface area (Å²) in [6.45, 7) is 9.23. The largest absolute Gasteiger partial charge is 0.370 e. The maximum Gasteiger partial charge on any atom is 0.125 e. The van der Waals surface area contributed by atoms with E-state index in [9.17, 15) is 0 Å². The highest BCUT2D eigenvalue weighted by molar-refractivity contribution is 7.18. The van der Waals surface area contributed by atoms with Crippen molar-refractivity contribution in [2.75, 3.05) is 31.1 Å². The summed E-state index contributed by atoms with van der Waals surface area (Å²) >= 11 is 1.84. The van der Waals surface area contributed by atoms with Crippen molar-refractivity contribution < 1.29 is 0 Å². The predicted molar refractivity (Wildman–Crippen MR) is 111 cm³/mol. The smallest absolute Gasteiger partial charge is 0.125 e. The van der Waals surface area contributed by atoms with Crippen LogP contribution in [0.4, 0.5) is 5.69 Å². The van der Waals surface area contributed by atoms with Crippen LogP contribution in [0.2, 0.25) is 0 Å². The number of rotatable bonds is 4. The highest BCUT2D eigenvalue weighted by Gasteiger charge is 2.49. The van der Waals surface area contributed by atoms with Crippen LogP contribution in [-0.2, 0) is 13.5 Å². The van der Waals surface area contributed by atoms with Crippen LogP contribution in [0.5, 0.6) is 0 Å². The first-order valence-electron chi connectivity index (χ1n) is 9.93. The number of aryl methyl sites for hydroxylation is 2. The molecule has 5 heterocycles. The zero-order valence-electron chi connectivity index (χ0n) is 16.4. The minimum Gasteiger partial charge on any atom is -0.370 e. The zero-order chi connectivity index (χ0) is 18.6. The van der Waals surface area contributed by atoms with Gasteiger partial charge < -0.3 is 4.90 Å². The van der Waals surface area contributed by atoms with E-state index in [0.717, 1.165) is 19.5 Å². The van der Waals surface area contributed by atoms with Gasteiger partial charge in [-0.05, 0) is 38.0 Å². The highest BCUT2D eigenvalue weighted by atomic mass is 32.1. The van der Waals surface area contributed by atoms with Gasteiger partial charge in [-0.1, -0.05) is 6.92 Å². The quantitative estimate of drug-likeness (QED) is 0.688. The van der Waals surface area contributed by atoms with Gasteiger partial charge in [-0.25, -0.2) is 4.98 Å². The maximum absolute atomic E-state index is 4.60. The number of aromatic nitrogens is 3. The molecule has 1 spiro atoms. The first-order valence-corrected chi connectivity index (χ1v) is 10.7. The number of hydrogen-bond donors (Lipinski definition) is 0. The molecule has 2 fully saturated rings. The first kappa shape index (κ1) is 17.2. The monoisotopic (exact) mass is 381 g/mol. The van der Waals surface area contributed by atoms with Crippen LogP contribution in [0, 0.1) is 5.41 Å². The van der Waals surface area contributed by atoms with Crippen molar-refractivity contribution in [1.29, 1.82) is 0 Å². The van der Waals surface area contributed by atoms with Crippen molar-refractivity contribution in [2.24, 2.45) is 12.5 Å². The Morgan fingerprint density at radius 3 is 2.81 bits per heavy atom. The second-order valence-corrected chi connectivity index (χ2v) is 9.36. The minimum atomic E-state index is 0.439. The summed E-state index contributed by atoms with van der Waals surface area (Å²) < 4.78 is 2.01. The molecule has 2 saturated heterocycles. The average Bonchev–Trinajstić information content (AvgIpc) is 3.36. The molecule has 5 rings (SSSR count). The van der Waals surface area contributed by atoms with Crippen LogP contribution in [0.25, 0.3) is 10.2 Å². The number of pyridine rings is 1. The van der Waals surface area contributed by atoms with Crippen molar-refractivity contribution in [3.05, 3.63) is 41.2 Å². The molecule has 0 N–H and O–H groups in total. The van der Waals surface area contributed by atoms with E-state index >= 15 is 0 Å². The molecule has 1 atom stereocenters. The van der Waals surface area contributed by atoms with Gasteiger partial charge in [-0.15, -0.1) is 11.3 Å². The topological polar surface area (TPSA) is 37.2 Å². The van der Waals surface area contributed by atoms with Crippen molar-refractivity contribution in [2.45, 2.75) is 32.7 Å². The van der Waals surface area contributed by atoms with Crippen LogP contribution in [0.1, 0.15) is 36.9 Å². The molecule has 0 amide bonds. The molecule has 0 radical (unpaired) electrons. The van der Waals surface area contributed by atoms with E-state index in [-0.39, 0.29) is 0 Å². The lowest BCUT2D eigenvalue weighted by atomic mass is 9.78. The Kier molecular flexibility index (Phi) is 4.02. The van der Waals surface area contributed by atoms with Crippen molar-refractivity contribution in [3.63, 3.8) is 0 Å². The molecule has 1 unspecified atom stereocenters. The van der Waals surface area contributed by atoms with Gasteiger partial charge in [0.15, 0.2) is 0 Å². The van der Waals surface area contributed by atoms with Crippen LogP contribution in [0.3, 0.4) is 0 Å². The fourth-order valence-electron chi connectivity index (χ4n) is 4.90. The van der Waals surface area contributed by atoms with Gasteiger partial charge >= 0.3 is 0 Å². The Bertz CT molecular complexity index is 968. The van der Waals surface area contributed by atoms with E-state index in [1.54, 1.807) is 0 Å². The third kappa shape index (κ3) is 2.77. The number of anilines is 1. The lowest BCUT2D eigenvalue weighted by molar-refractivity contribution is -0.0142. The molecular formula is C21H27N5S. The molecular weight excluding hydrogens is 354 g/mol. The van der Waals surface area contributed by atoms with Gasteiger partial charge in [-0.2, -0.15) is 5.10 Å². The Morgan fingerprint density at radius 1 is 1.22 bits per heavy atom. The zero-order valence-corrected chi connectivity index (χ0v) is 17.2. The molecule has 0 saturated carbocycles. The van der Waals surface area contributed by atoms with Crippen LogP contribution >= 0.6 is 11.3 Å². The summed E-state index contributed by atoms with van der Waals surface area (Å²) in [5.41, 5.74) is 3.14. The number of fused-ring (bicyclic) bond motifs is 1. The van der Waals surface area contributed by atoms with Crippen LogP contribution in [-0.4, -0.2) is 45.8 Å². The van der Waals surface area contributed by atoms with Gasteiger partial charge in [0.25, 0.3) is 0 Å². The van der Waals surface area contributed by atoms with E-state index in [2.05, 4.69) is 51.9 Å². The fourth-order valence-corrected chi connectivity index (χ4v) is 5.85. The Balaban J connectivity index is 1.32. The number of likely N-dealkylation sites (tertiary alicyclic amines) is 1. The van der Waals surface area contributed by atoms with Crippen molar-refractivity contribution >= 4 is 27.2 Å². The molecule has 2 aliphatic rings. The van der Waals surface area contributed by atoms with Crippen LogP contribution < -0.4 is 4.90 Å². The molecule has 0 aromatic carbocycles. The maximum atomic E-state index is 4.60. The second kappa shape index (κ2) is 6.31. The van der Waals surface area contributed by atoms with Gasteiger partial charge in [0, 0.05) is 73.0 Å². The molecule has 142 valence electrons. The van der Waals surface area contributed by atoms with Crippen molar-refractivity contribution in [1.82, 2.24) is 19.7 Å². The number of hydrogen-bond acceptors (Lipinski definition) is 5. The lowest BCUT2D eigenvalue weighted by Crippen LogP contribution is -2.58.